The van der Waals surface area contributed by atoms with Gasteiger partial charge in [0.05, 0.1) is 35.9 Å². The fourth-order valence-electron chi connectivity index (χ4n) is 4.48. The smallest absolute Gasteiger partial charge is 0.405 e. The Morgan fingerprint density at radius 3 is 1.59 bits per heavy atom. The third-order valence-corrected chi connectivity index (χ3v) is 12.4. The third-order valence-electron chi connectivity index (χ3n) is 6.43. The zero-order valence-corrected chi connectivity index (χ0v) is 25.8. The van der Waals surface area contributed by atoms with Gasteiger partial charge in [-0.3, -0.25) is 0 Å². The molecule has 0 atom stereocenters. The van der Waals surface area contributed by atoms with Crippen LogP contribution in [0.2, 0.25) is 39.3 Å². The van der Waals surface area contributed by atoms with E-state index >= 15 is 0 Å². The quantitative estimate of drug-likeness (QED) is 0.168. The van der Waals surface area contributed by atoms with Crippen LogP contribution in [-0.4, -0.2) is 30.9 Å². The van der Waals surface area contributed by atoms with Crippen LogP contribution in [0.5, 0.6) is 5.75 Å². The van der Waals surface area contributed by atoms with Gasteiger partial charge >= 0.3 is 6.36 Å². The molecule has 10 heteroatoms. The van der Waals surface area contributed by atoms with Crippen LogP contribution in [-0.2, 0) is 8.27 Å². The topological polar surface area (TPSA) is 43.4 Å². The van der Waals surface area contributed by atoms with E-state index in [-0.39, 0.29) is 16.0 Å². The standard InChI is InChI=1S/C27H28BrF3O3SSi2/c1-36(2,3)19-9-11-21-17(15-19)7-13-23(34-27(29,30)31)25(21)26-22-12-10-20(37(4,5)6)16-18(22)8-14-24(26)35(28,32)33/h7-16H,1-6H3. The average Bonchev–Trinajstić information content (AvgIpc) is 2.74. The fourth-order valence-corrected chi connectivity index (χ4v) is 8.32. The van der Waals surface area contributed by atoms with E-state index in [1.165, 1.54) is 12.1 Å². The molecule has 0 spiro atoms. The molecule has 0 saturated carbocycles. The number of fused-ring (bicyclic) bond motifs is 2. The SMILES string of the molecule is C[Si](C)(C)c1ccc2c(-c3c(S(=O)(=O)Br)ccc4cc([Si](C)(C)C)ccc34)c(OC(F)(F)F)ccc2c1. The van der Waals surface area contributed by atoms with Crippen LogP contribution in [0.4, 0.5) is 13.2 Å². The Morgan fingerprint density at radius 2 is 1.16 bits per heavy atom. The predicted molar refractivity (Wildman–Crippen MR) is 156 cm³/mol. The van der Waals surface area contributed by atoms with Crippen molar-refractivity contribution in [2.75, 3.05) is 0 Å². The Hall–Kier alpha value is -2.15. The number of benzene rings is 4. The summed E-state index contributed by atoms with van der Waals surface area (Å²) in [6.45, 7) is 13.2. The normalized spacial score (nSPS) is 13.4. The second kappa shape index (κ2) is 9.25. The molecule has 0 radical (unpaired) electrons. The molecule has 37 heavy (non-hydrogen) atoms. The van der Waals surface area contributed by atoms with Gasteiger partial charge in [-0.05, 0) is 33.7 Å². The lowest BCUT2D eigenvalue weighted by atomic mass is 9.93. The molecule has 4 aromatic carbocycles. The van der Waals surface area contributed by atoms with Gasteiger partial charge < -0.3 is 4.74 Å². The van der Waals surface area contributed by atoms with Crippen LogP contribution in [0, 0.1) is 0 Å². The van der Waals surface area contributed by atoms with Gasteiger partial charge in [-0.2, -0.15) is 0 Å². The molecule has 0 aliphatic rings. The summed E-state index contributed by atoms with van der Waals surface area (Å²) >= 11 is 2.78. The van der Waals surface area contributed by atoms with Crippen molar-refractivity contribution in [3.05, 3.63) is 60.7 Å². The van der Waals surface area contributed by atoms with Gasteiger partial charge in [0, 0.05) is 11.1 Å². The summed E-state index contributed by atoms with van der Waals surface area (Å²) in [7, 11) is -7.40. The Morgan fingerprint density at radius 1 is 0.703 bits per heavy atom. The van der Waals surface area contributed by atoms with Gasteiger partial charge in [0.15, 0.2) is 0 Å². The van der Waals surface area contributed by atoms with Gasteiger partial charge in [-0.25, -0.2) is 8.42 Å². The lowest BCUT2D eigenvalue weighted by Gasteiger charge is -2.22. The molecule has 4 rings (SSSR count). The van der Waals surface area contributed by atoms with E-state index in [1.807, 2.05) is 30.3 Å². The number of rotatable bonds is 5. The number of alkyl halides is 3. The first-order chi connectivity index (χ1) is 16.9. The third kappa shape index (κ3) is 5.82. The molecule has 0 unspecified atom stereocenters. The molecular weight excluding hydrogens is 597 g/mol. The van der Waals surface area contributed by atoms with Crippen molar-refractivity contribution < 1.29 is 26.3 Å². The van der Waals surface area contributed by atoms with Crippen molar-refractivity contribution >= 4 is 71.1 Å². The highest BCUT2D eigenvalue weighted by Crippen LogP contribution is 2.46. The number of halogens is 4. The summed E-state index contributed by atoms with van der Waals surface area (Å²) in [5.74, 6) is -0.445. The van der Waals surface area contributed by atoms with Gasteiger partial charge in [0.1, 0.15) is 5.75 Å². The highest BCUT2D eigenvalue weighted by Gasteiger charge is 2.34. The fraction of sp³-hybridized carbons (Fsp3) is 0.259. The summed E-state index contributed by atoms with van der Waals surface area (Å²) in [6, 6.07) is 17.5. The molecular formula is C27H28BrF3O3SSi2. The van der Waals surface area contributed by atoms with E-state index in [1.54, 1.807) is 18.2 Å². The number of hydrogen-bond acceptors (Lipinski definition) is 3. The van der Waals surface area contributed by atoms with Gasteiger partial charge in [-0.1, -0.05) is 98.2 Å². The minimum absolute atomic E-state index is 0.0985. The zero-order valence-electron chi connectivity index (χ0n) is 21.4. The molecule has 0 fully saturated rings. The van der Waals surface area contributed by atoms with Crippen molar-refractivity contribution in [2.24, 2.45) is 0 Å². The van der Waals surface area contributed by atoms with E-state index in [2.05, 4.69) is 58.8 Å². The summed E-state index contributed by atoms with van der Waals surface area (Å²) in [5.41, 5.74) is 0.281. The molecule has 0 aliphatic carbocycles. The average molecular weight is 626 g/mol. The lowest BCUT2D eigenvalue weighted by molar-refractivity contribution is -0.274. The second-order valence-corrected chi connectivity index (χ2v) is 25.3. The number of ether oxygens (including phenoxy) is 1. The Labute approximate surface area is 224 Å². The maximum Gasteiger partial charge on any atom is 0.573 e. The maximum absolute atomic E-state index is 13.6. The van der Waals surface area contributed by atoms with Gasteiger partial charge in [0.25, 0.3) is 0 Å². The highest BCUT2D eigenvalue weighted by molar-refractivity contribution is 9.47. The molecule has 4 aromatic rings. The highest BCUT2D eigenvalue weighted by atomic mass is 79.9. The van der Waals surface area contributed by atoms with Crippen LogP contribution < -0.4 is 15.1 Å². The summed E-state index contributed by atoms with van der Waals surface area (Å²) in [5, 5.41) is 4.80. The summed E-state index contributed by atoms with van der Waals surface area (Å²) in [4.78, 5) is -0.116. The van der Waals surface area contributed by atoms with Crippen molar-refractivity contribution in [1.82, 2.24) is 0 Å². The minimum Gasteiger partial charge on any atom is -0.405 e. The van der Waals surface area contributed by atoms with Crippen LogP contribution in [0.25, 0.3) is 32.7 Å². The van der Waals surface area contributed by atoms with Gasteiger partial charge in [-0.15, -0.1) is 13.2 Å². The molecule has 0 bridgehead atoms. The molecule has 196 valence electrons. The monoisotopic (exact) mass is 624 g/mol. The largest absolute Gasteiger partial charge is 0.573 e. The van der Waals surface area contributed by atoms with Crippen LogP contribution >= 0.6 is 14.8 Å². The molecule has 0 aromatic heterocycles. The molecule has 0 saturated heterocycles. The first-order valence-corrected chi connectivity index (χ1v) is 22.0. The first-order valence-electron chi connectivity index (χ1n) is 11.7. The zero-order chi connectivity index (χ0) is 27.6. The second-order valence-electron chi connectivity index (χ2n) is 11.2. The minimum atomic E-state index is -4.95. The number of hydrogen-bond donors (Lipinski definition) is 0. The van der Waals surface area contributed by atoms with Gasteiger partial charge in [0.2, 0.25) is 8.27 Å². The van der Waals surface area contributed by atoms with Crippen molar-refractivity contribution in [2.45, 2.75) is 50.5 Å². The summed E-state index contributed by atoms with van der Waals surface area (Å²) < 4.78 is 70.9. The van der Waals surface area contributed by atoms with E-state index in [9.17, 15) is 21.6 Å². The van der Waals surface area contributed by atoms with Crippen LogP contribution in [0.1, 0.15) is 0 Å². The van der Waals surface area contributed by atoms with Crippen LogP contribution in [0.15, 0.2) is 65.6 Å². The van der Waals surface area contributed by atoms with E-state index in [4.69, 9.17) is 0 Å². The van der Waals surface area contributed by atoms with Crippen molar-refractivity contribution in [1.29, 1.82) is 0 Å². The molecule has 0 heterocycles. The van der Waals surface area contributed by atoms with Crippen LogP contribution in [0.3, 0.4) is 0 Å². The van der Waals surface area contributed by atoms with E-state index < -0.39 is 36.5 Å². The maximum atomic E-state index is 13.6. The predicted octanol–water partition coefficient (Wildman–Crippen LogP) is 7.73. The Balaban J connectivity index is 2.20. The lowest BCUT2D eigenvalue weighted by Crippen LogP contribution is -2.37. The van der Waals surface area contributed by atoms with E-state index in [0.29, 0.717) is 10.8 Å². The Kier molecular flexibility index (Phi) is 6.97. The first kappa shape index (κ1) is 27.9. The van der Waals surface area contributed by atoms with E-state index in [0.717, 1.165) is 21.1 Å². The molecule has 0 amide bonds. The van der Waals surface area contributed by atoms with Crippen molar-refractivity contribution in [3.8, 4) is 16.9 Å². The molecule has 0 N–H and O–H groups in total. The molecule has 0 aliphatic heterocycles. The summed E-state index contributed by atoms with van der Waals surface area (Å²) in [6.07, 6.45) is -4.95. The Bertz CT molecular complexity index is 1640. The van der Waals surface area contributed by atoms with Crippen molar-refractivity contribution in [3.63, 3.8) is 0 Å². The molecule has 3 nitrogen and oxygen atoms in total.